The number of hydrogen-bond acceptors (Lipinski definition) is 5. The molecule has 3 rings (SSSR count). The average molecular weight is 237 g/mol. The van der Waals surface area contributed by atoms with Gasteiger partial charge in [-0.3, -0.25) is 14.4 Å². The SMILES string of the molecule is CC(=O)NC[C@]12C=C[C@H](O1)[C@@H]1C(=O)OC(=O)[C@@H]12. The molecule has 0 unspecified atom stereocenters. The summed E-state index contributed by atoms with van der Waals surface area (Å²) in [5.41, 5.74) is -0.912. The number of ether oxygens (including phenoxy) is 2. The third-order valence-corrected chi connectivity index (χ3v) is 3.50. The highest BCUT2D eigenvalue weighted by atomic mass is 16.6. The number of carbonyl (C=O) groups is 3. The number of fused-ring (bicyclic) bond motifs is 5. The summed E-state index contributed by atoms with van der Waals surface area (Å²) in [4.78, 5) is 34.1. The van der Waals surface area contributed by atoms with Crippen molar-refractivity contribution in [3.8, 4) is 0 Å². The van der Waals surface area contributed by atoms with Gasteiger partial charge in [0.25, 0.3) is 0 Å². The van der Waals surface area contributed by atoms with Crippen LogP contribution in [0.15, 0.2) is 12.2 Å². The van der Waals surface area contributed by atoms with Crippen molar-refractivity contribution in [3.63, 3.8) is 0 Å². The predicted molar refractivity (Wildman–Crippen MR) is 53.5 cm³/mol. The van der Waals surface area contributed by atoms with Gasteiger partial charge in [0.2, 0.25) is 5.91 Å². The van der Waals surface area contributed by atoms with Gasteiger partial charge < -0.3 is 14.8 Å². The van der Waals surface area contributed by atoms with Gasteiger partial charge in [0.1, 0.15) is 17.4 Å². The zero-order chi connectivity index (χ0) is 12.2. The monoisotopic (exact) mass is 237 g/mol. The molecule has 6 heteroatoms. The molecule has 4 atom stereocenters. The van der Waals surface area contributed by atoms with Gasteiger partial charge in [0, 0.05) is 6.92 Å². The molecule has 0 aromatic heterocycles. The molecular formula is C11H11NO5. The Morgan fingerprint density at radius 3 is 2.94 bits per heavy atom. The Hall–Kier alpha value is -1.69. The molecule has 3 aliphatic heterocycles. The maximum Gasteiger partial charge on any atom is 0.320 e. The van der Waals surface area contributed by atoms with E-state index < -0.39 is 35.5 Å². The average Bonchev–Trinajstić information content (AvgIpc) is 2.88. The lowest BCUT2D eigenvalue weighted by molar-refractivity contribution is -0.158. The molecule has 6 nitrogen and oxygen atoms in total. The molecule has 0 aliphatic carbocycles. The van der Waals surface area contributed by atoms with Gasteiger partial charge in [0.05, 0.1) is 12.6 Å². The minimum Gasteiger partial charge on any atom is -0.393 e. The standard InChI is InChI=1S/C11H11NO5/c1-5(13)12-4-11-3-2-6(17-11)7-8(11)10(15)16-9(7)14/h2-3,6-8H,4H2,1H3,(H,12,13)/t6-,7-,8+,11-/m0/s1. The maximum absolute atomic E-state index is 11.6. The van der Waals surface area contributed by atoms with Crippen LogP contribution in [0.4, 0.5) is 0 Å². The highest BCUT2D eigenvalue weighted by Crippen LogP contribution is 2.50. The number of hydrogen-bond donors (Lipinski definition) is 1. The molecule has 3 heterocycles. The van der Waals surface area contributed by atoms with Gasteiger partial charge in [-0.2, -0.15) is 0 Å². The molecule has 1 amide bonds. The first-order valence-electron chi connectivity index (χ1n) is 5.41. The van der Waals surface area contributed by atoms with E-state index in [1.807, 2.05) is 0 Å². The Kier molecular flexibility index (Phi) is 1.95. The van der Waals surface area contributed by atoms with Crippen molar-refractivity contribution in [2.45, 2.75) is 18.6 Å². The van der Waals surface area contributed by atoms with Gasteiger partial charge in [0.15, 0.2) is 0 Å². The minimum absolute atomic E-state index is 0.179. The van der Waals surface area contributed by atoms with E-state index >= 15 is 0 Å². The van der Waals surface area contributed by atoms with Gasteiger partial charge in [-0.25, -0.2) is 0 Å². The second kappa shape index (κ2) is 3.16. The Labute approximate surface area is 96.9 Å². The quantitative estimate of drug-likeness (QED) is 0.384. The topological polar surface area (TPSA) is 81.7 Å². The summed E-state index contributed by atoms with van der Waals surface area (Å²) >= 11 is 0. The molecular weight excluding hydrogens is 226 g/mol. The van der Waals surface area contributed by atoms with Gasteiger partial charge >= 0.3 is 11.9 Å². The normalized spacial score (nSPS) is 41.6. The number of amides is 1. The predicted octanol–water partition coefficient (Wildman–Crippen LogP) is -0.854. The van der Waals surface area contributed by atoms with Crippen LogP contribution in [0.2, 0.25) is 0 Å². The van der Waals surface area contributed by atoms with Crippen LogP contribution in [0.1, 0.15) is 6.92 Å². The van der Waals surface area contributed by atoms with Crippen LogP contribution < -0.4 is 5.32 Å². The molecule has 0 spiro atoms. The van der Waals surface area contributed by atoms with Crippen molar-refractivity contribution >= 4 is 17.8 Å². The molecule has 90 valence electrons. The fraction of sp³-hybridized carbons (Fsp3) is 0.545. The van der Waals surface area contributed by atoms with Crippen LogP contribution >= 0.6 is 0 Å². The van der Waals surface area contributed by atoms with Crippen molar-refractivity contribution < 1.29 is 23.9 Å². The van der Waals surface area contributed by atoms with Gasteiger partial charge in [-0.15, -0.1) is 0 Å². The highest BCUT2D eigenvalue weighted by molar-refractivity contribution is 5.99. The lowest BCUT2D eigenvalue weighted by Gasteiger charge is -2.26. The zero-order valence-electron chi connectivity index (χ0n) is 9.14. The number of carbonyl (C=O) groups excluding carboxylic acids is 3. The smallest absolute Gasteiger partial charge is 0.320 e. The lowest BCUT2D eigenvalue weighted by atomic mass is 9.77. The van der Waals surface area contributed by atoms with Crippen molar-refractivity contribution in [2.24, 2.45) is 11.8 Å². The Bertz CT molecular complexity index is 457. The van der Waals surface area contributed by atoms with E-state index in [9.17, 15) is 14.4 Å². The zero-order valence-corrected chi connectivity index (χ0v) is 9.14. The molecule has 2 bridgehead atoms. The molecule has 2 fully saturated rings. The number of esters is 2. The van der Waals surface area contributed by atoms with Crippen LogP contribution in [0, 0.1) is 11.8 Å². The first-order chi connectivity index (χ1) is 8.03. The van der Waals surface area contributed by atoms with Crippen molar-refractivity contribution in [3.05, 3.63) is 12.2 Å². The van der Waals surface area contributed by atoms with E-state index in [0.717, 1.165) is 0 Å². The summed E-state index contributed by atoms with van der Waals surface area (Å²) in [6.45, 7) is 1.57. The van der Waals surface area contributed by atoms with E-state index in [-0.39, 0.29) is 12.5 Å². The summed E-state index contributed by atoms with van der Waals surface area (Å²) in [5, 5.41) is 2.62. The number of cyclic esters (lactones) is 2. The largest absolute Gasteiger partial charge is 0.393 e. The van der Waals surface area contributed by atoms with Crippen LogP contribution in [-0.4, -0.2) is 36.1 Å². The van der Waals surface area contributed by atoms with Crippen LogP contribution in [0.25, 0.3) is 0 Å². The van der Waals surface area contributed by atoms with E-state index in [1.165, 1.54) is 6.92 Å². The summed E-state index contributed by atoms with van der Waals surface area (Å²) in [6.07, 6.45) is 3.09. The fourth-order valence-electron chi connectivity index (χ4n) is 2.77. The number of nitrogens with one attached hydrogen (secondary N) is 1. The molecule has 1 N–H and O–H groups in total. The fourth-order valence-corrected chi connectivity index (χ4v) is 2.77. The minimum atomic E-state index is -0.912. The molecule has 0 aromatic carbocycles. The lowest BCUT2D eigenvalue weighted by Crippen LogP contribution is -2.47. The third-order valence-electron chi connectivity index (χ3n) is 3.50. The van der Waals surface area contributed by atoms with Crippen LogP contribution in [0.5, 0.6) is 0 Å². The Balaban J connectivity index is 1.91. The summed E-state index contributed by atoms with van der Waals surface area (Å²) in [6, 6.07) is 0. The first kappa shape index (κ1) is 10.5. The molecule has 0 saturated carbocycles. The highest BCUT2D eigenvalue weighted by Gasteiger charge is 2.66. The van der Waals surface area contributed by atoms with Crippen molar-refractivity contribution in [1.29, 1.82) is 0 Å². The van der Waals surface area contributed by atoms with E-state index in [1.54, 1.807) is 12.2 Å². The maximum atomic E-state index is 11.6. The second-order valence-electron chi connectivity index (χ2n) is 4.55. The molecule has 2 saturated heterocycles. The third kappa shape index (κ3) is 1.27. The van der Waals surface area contributed by atoms with E-state index in [2.05, 4.69) is 10.1 Å². The van der Waals surface area contributed by atoms with Gasteiger partial charge in [-0.1, -0.05) is 12.2 Å². The molecule has 3 aliphatic rings. The second-order valence-corrected chi connectivity index (χ2v) is 4.55. The van der Waals surface area contributed by atoms with Gasteiger partial charge in [-0.05, 0) is 0 Å². The van der Waals surface area contributed by atoms with Crippen LogP contribution in [-0.2, 0) is 23.9 Å². The summed E-state index contributed by atoms with van der Waals surface area (Å²) in [7, 11) is 0. The molecule has 0 aromatic rings. The first-order valence-corrected chi connectivity index (χ1v) is 5.41. The Morgan fingerprint density at radius 2 is 2.24 bits per heavy atom. The number of rotatable bonds is 2. The van der Waals surface area contributed by atoms with E-state index in [0.29, 0.717) is 0 Å². The molecule has 0 radical (unpaired) electrons. The molecule has 17 heavy (non-hydrogen) atoms. The van der Waals surface area contributed by atoms with Crippen molar-refractivity contribution in [2.75, 3.05) is 6.54 Å². The Morgan fingerprint density at radius 1 is 1.47 bits per heavy atom. The summed E-state index contributed by atoms with van der Waals surface area (Å²) in [5.74, 6) is -2.48. The van der Waals surface area contributed by atoms with Crippen LogP contribution in [0.3, 0.4) is 0 Å². The summed E-state index contributed by atoms with van der Waals surface area (Å²) < 4.78 is 10.3. The van der Waals surface area contributed by atoms with Crippen molar-refractivity contribution in [1.82, 2.24) is 5.32 Å². The van der Waals surface area contributed by atoms with E-state index in [4.69, 9.17) is 4.74 Å².